The van der Waals surface area contributed by atoms with Crippen LogP contribution < -0.4 is 10.6 Å². The summed E-state index contributed by atoms with van der Waals surface area (Å²) in [4.78, 5) is 26.3. The van der Waals surface area contributed by atoms with Crippen molar-refractivity contribution in [3.05, 3.63) is 24.0 Å². The molecule has 0 saturated carbocycles. The van der Waals surface area contributed by atoms with Gasteiger partial charge in [-0.3, -0.25) is 4.98 Å². The number of nitrogens with zero attached hydrogens (tertiary/aromatic N) is 1. The highest BCUT2D eigenvalue weighted by Gasteiger charge is 2.13. The minimum Gasteiger partial charge on any atom is -0.478 e. The Morgan fingerprint density at radius 2 is 2.24 bits per heavy atom. The monoisotopic (exact) mass is 293 g/mol. The van der Waals surface area contributed by atoms with Crippen molar-refractivity contribution in [3.63, 3.8) is 0 Å². The second-order valence-corrected chi connectivity index (χ2v) is 4.93. The van der Waals surface area contributed by atoms with E-state index in [1.54, 1.807) is 0 Å². The summed E-state index contributed by atoms with van der Waals surface area (Å²) in [6.07, 6.45) is 6.94. The summed E-state index contributed by atoms with van der Waals surface area (Å²) in [5.74, 6) is -1.08. The Balaban J connectivity index is 1.73. The van der Waals surface area contributed by atoms with Gasteiger partial charge in [0.1, 0.15) is 0 Å². The van der Waals surface area contributed by atoms with Gasteiger partial charge in [-0.25, -0.2) is 9.59 Å². The molecule has 2 amide bonds. The fourth-order valence-electron chi connectivity index (χ4n) is 2.18. The Labute approximate surface area is 122 Å². The first-order valence-corrected chi connectivity index (χ1v) is 7.00. The van der Waals surface area contributed by atoms with Gasteiger partial charge in [-0.1, -0.05) is 0 Å². The fourth-order valence-corrected chi connectivity index (χ4v) is 2.18. The molecule has 1 aliphatic rings. The van der Waals surface area contributed by atoms with Crippen molar-refractivity contribution in [2.45, 2.75) is 31.8 Å². The highest BCUT2D eigenvalue weighted by molar-refractivity contribution is 5.92. The lowest BCUT2D eigenvalue weighted by Crippen LogP contribution is -2.32. The molecule has 3 N–H and O–H groups in total. The van der Waals surface area contributed by atoms with E-state index in [1.807, 2.05) is 0 Å². The lowest BCUT2D eigenvalue weighted by molar-refractivity contribution is 0.0120. The molecule has 1 aliphatic heterocycles. The summed E-state index contributed by atoms with van der Waals surface area (Å²) in [5, 5.41) is 14.1. The first-order chi connectivity index (χ1) is 10.1. The molecule has 7 nitrogen and oxygen atoms in total. The fraction of sp³-hybridized carbons (Fsp3) is 0.500. The van der Waals surface area contributed by atoms with Crippen molar-refractivity contribution < 1.29 is 19.4 Å². The first kappa shape index (κ1) is 15.2. The quantitative estimate of drug-likeness (QED) is 0.769. The van der Waals surface area contributed by atoms with Crippen LogP contribution in [0.25, 0.3) is 0 Å². The Hall–Kier alpha value is -2.15. The van der Waals surface area contributed by atoms with Crippen LogP contribution in [-0.4, -0.2) is 41.3 Å². The molecule has 1 unspecified atom stereocenters. The van der Waals surface area contributed by atoms with E-state index in [0.717, 1.165) is 25.9 Å². The summed E-state index contributed by atoms with van der Waals surface area (Å²) in [6, 6.07) is 0.981. The normalized spacial score (nSPS) is 18.0. The van der Waals surface area contributed by atoms with Gasteiger partial charge in [0.2, 0.25) is 0 Å². The van der Waals surface area contributed by atoms with Crippen LogP contribution in [-0.2, 0) is 4.74 Å². The summed E-state index contributed by atoms with van der Waals surface area (Å²) in [5.41, 5.74) is 0.379. The van der Waals surface area contributed by atoms with Gasteiger partial charge >= 0.3 is 12.0 Å². The molecule has 2 heterocycles. The maximum Gasteiger partial charge on any atom is 0.337 e. The van der Waals surface area contributed by atoms with Crippen LogP contribution in [0.3, 0.4) is 0 Å². The topological polar surface area (TPSA) is 101 Å². The summed E-state index contributed by atoms with van der Waals surface area (Å²) in [7, 11) is 0. The van der Waals surface area contributed by atoms with E-state index >= 15 is 0 Å². The van der Waals surface area contributed by atoms with Gasteiger partial charge < -0.3 is 20.5 Å². The van der Waals surface area contributed by atoms with Crippen LogP contribution in [0, 0.1) is 0 Å². The zero-order chi connectivity index (χ0) is 15.1. The van der Waals surface area contributed by atoms with Crippen molar-refractivity contribution in [2.75, 3.05) is 18.5 Å². The van der Waals surface area contributed by atoms with Crippen molar-refractivity contribution in [1.82, 2.24) is 10.3 Å². The van der Waals surface area contributed by atoms with Crippen LogP contribution in [0.15, 0.2) is 18.5 Å². The van der Waals surface area contributed by atoms with Crippen LogP contribution in [0.2, 0.25) is 0 Å². The number of anilines is 1. The lowest BCUT2D eigenvalue weighted by atomic mass is 10.1. The minimum atomic E-state index is -1.08. The van der Waals surface area contributed by atoms with Gasteiger partial charge in [0, 0.05) is 19.3 Å². The van der Waals surface area contributed by atoms with Gasteiger partial charge in [-0.15, -0.1) is 0 Å². The maximum absolute atomic E-state index is 11.7. The van der Waals surface area contributed by atoms with E-state index < -0.39 is 5.97 Å². The number of hydrogen-bond donors (Lipinski definition) is 3. The molecule has 0 spiro atoms. The third kappa shape index (κ3) is 5.03. The Morgan fingerprint density at radius 1 is 1.38 bits per heavy atom. The number of carbonyl (C=O) groups is 2. The molecule has 1 fully saturated rings. The number of carboxylic acid groups (broad SMARTS) is 1. The van der Waals surface area contributed by atoms with E-state index in [2.05, 4.69) is 15.6 Å². The molecule has 0 radical (unpaired) electrons. The Bertz CT molecular complexity index is 501. The molecular formula is C14H19N3O4. The first-order valence-electron chi connectivity index (χ1n) is 7.00. The second-order valence-electron chi connectivity index (χ2n) is 4.93. The van der Waals surface area contributed by atoms with Crippen LogP contribution in [0.5, 0.6) is 0 Å². The van der Waals surface area contributed by atoms with Crippen molar-refractivity contribution in [2.24, 2.45) is 0 Å². The van der Waals surface area contributed by atoms with Crippen molar-refractivity contribution >= 4 is 17.7 Å². The molecule has 114 valence electrons. The average molecular weight is 293 g/mol. The Morgan fingerprint density at radius 3 is 2.95 bits per heavy atom. The smallest absolute Gasteiger partial charge is 0.337 e. The number of aromatic nitrogens is 1. The van der Waals surface area contributed by atoms with E-state index in [4.69, 9.17) is 9.84 Å². The highest BCUT2D eigenvalue weighted by atomic mass is 16.5. The van der Waals surface area contributed by atoms with Gasteiger partial charge in [-0.2, -0.15) is 0 Å². The van der Waals surface area contributed by atoms with Gasteiger partial charge in [0.25, 0.3) is 0 Å². The minimum absolute atomic E-state index is 0.0309. The van der Waals surface area contributed by atoms with Crippen LogP contribution in [0.1, 0.15) is 36.0 Å². The zero-order valence-electron chi connectivity index (χ0n) is 11.7. The van der Waals surface area contributed by atoms with Crippen molar-refractivity contribution in [1.29, 1.82) is 0 Å². The largest absolute Gasteiger partial charge is 0.478 e. The molecule has 1 saturated heterocycles. The van der Waals surface area contributed by atoms with Crippen molar-refractivity contribution in [3.8, 4) is 0 Å². The van der Waals surface area contributed by atoms with E-state index in [0.29, 0.717) is 12.2 Å². The number of pyridine rings is 1. The van der Waals surface area contributed by atoms with E-state index in [1.165, 1.54) is 24.9 Å². The number of rotatable bonds is 5. The summed E-state index contributed by atoms with van der Waals surface area (Å²) < 4.78 is 5.57. The lowest BCUT2D eigenvalue weighted by Gasteiger charge is -2.22. The average Bonchev–Trinajstić information content (AvgIpc) is 2.48. The molecule has 0 aromatic carbocycles. The molecule has 21 heavy (non-hydrogen) atoms. The number of amides is 2. The highest BCUT2D eigenvalue weighted by Crippen LogP contribution is 2.14. The number of carboxylic acids is 1. The van der Waals surface area contributed by atoms with Gasteiger partial charge in [0.15, 0.2) is 0 Å². The number of urea groups is 1. The standard InChI is InChI=1S/C14H19N3O4/c18-13(19)10-7-11(9-15-8-10)17-14(20)16-5-4-12-3-1-2-6-21-12/h7-9,12H,1-6H2,(H,18,19)(H2,16,17,20). The zero-order valence-corrected chi connectivity index (χ0v) is 11.7. The molecule has 1 aromatic rings. The molecule has 0 aliphatic carbocycles. The third-order valence-corrected chi connectivity index (χ3v) is 3.27. The number of aromatic carboxylic acids is 1. The third-order valence-electron chi connectivity index (χ3n) is 3.27. The molecule has 7 heteroatoms. The van der Waals surface area contributed by atoms with Crippen LogP contribution >= 0.6 is 0 Å². The SMILES string of the molecule is O=C(NCCC1CCCCO1)Nc1cncc(C(=O)O)c1. The Kier molecular flexibility index (Phi) is 5.51. The van der Waals surface area contributed by atoms with Crippen LogP contribution in [0.4, 0.5) is 10.5 Å². The maximum atomic E-state index is 11.7. The molecule has 1 atom stereocenters. The summed E-state index contributed by atoms with van der Waals surface area (Å²) >= 11 is 0. The number of ether oxygens (including phenoxy) is 1. The molecular weight excluding hydrogens is 274 g/mol. The van der Waals surface area contributed by atoms with E-state index in [-0.39, 0.29) is 17.7 Å². The number of hydrogen-bond acceptors (Lipinski definition) is 4. The van der Waals surface area contributed by atoms with E-state index in [9.17, 15) is 9.59 Å². The van der Waals surface area contributed by atoms with Gasteiger partial charge in [0.05, 0.1) is 23.6 Å². The number of nitrogens with one attached hydrogen (secondary N) is 2. The molecule has 0 bridgehead atoms. The van der Waals surface area contributed by atoms with Gasteiger partial charge in [-0.05, 0) is 31.7 Å². The predicted molar refractivity (Wildman–Crippen MR) is 76.4 cm³/mol. The molecule has 1 aromatic heterocycles. The molecule has 2 rings (SSSR count). The predicted octanol–water partition coefficient (Wildman–Crippen LogP) is 1.86. The summed E-state index contributed by atoms with van der Waals surface area (Å²) in [6.45, 7) is 1.31. The number of carbonyl (C=O) groups excluding carboxylic acids is 1. The second kappa shape index (κ2) is 7.58.